The molecule has 2 atom stereocenters. The van der Waals surface area contributed by atoms with Crippen LogP contribution in [0.5, 0.6) is 0 Å². The fraction of sp³-hybridized carbons (Fsp3) is 0.548. The van der Waals surface area contributed by atoms with Crippen molar-refractivity contribution < 1.29 is 19.1 Å². The summed E-state index contributed by atoms with van der Waals surface area (Å²) in [6.45, 7) is 11.1. The SMILES string of the molecule is CCOC(=O)c1ccc(CCCN2CCC(NC3(C(=O)OC(C)(C)C)CC3c3ccccc3)CC2)cc1. The number of ether oxygens (including phenoxy) is 2. The lowest BCUT2D eigenvalue weighted by molar-refractivity contribution is -0.159. The number of rotatable bonds is 10. The van der Waals surface area contributed by atoms with Crippen molar-refractivity contribution in [1.82, 2.24) is 10.2 Å². The summed E-state index contributed by atoms with van der Waals surface area (Å²) in [4.78, 5) is 27.7. The van der Waals surface area contributed by atoms with Gasteiger partial charge in [0.25, 0.3) is 0 Å². The molecule has 0 radical (unpaired) electrons. The van der Waals surface area contributed by atoms with E-state index < -0.39 is 11.1 Å². The molecule has 6 heteroatoms. The van der Waals surface area contributed by atoms with Crippen LogP contribution in [0.4, 0.5) is 0 Å². The topological polar surface area (TPSA) is 67.9 Å². The summed E-state index contributed by atoms with van der Waals surface area (Å²) in [7, 11) is 0. The van der Waals surface area contributed by atoms with E-state index in [1.165, 1.54) is 11.1 Å². The summed E-state index contributed by atoms with van der Waals surface area (Å²) < 4.78 is 10.9. The first-order valence-electron chi connectivity index (χ1n) is 13.7. The molecule has 4 rings (SSSR count). The molecule has 1 aliphatic heterocycles. The molecule has 0 amide bonds. The highest BCUT2D eigenvalue weighted by Gasteiger charge is 2.63. The summed E-state index contributed by atoms with van der Waals surface area (Å²) in [5.74, 6) is -0.220. The molecule has 0 spiro atoms. The Labute approximate surface area is 221 Å². The Hall–Kier alpha value is -2.70. The summed E-state index contributed by atoms with van der Waals surface area (Å²) in [6, 6.07) is 18.4. The smallest absolute Gasteiger partial charge is 0.338 e. The Balaban J connectivity index is 1.25. The number of nitrogens with zero attached hydrogens (tertiary/aromatic N) is 1. The van der Waals surface area contributed by atoms with Gasteiger partial charge in [-0.2, -0.15) is 0 Å². The highest BCUT2D eigenvalue weighted by molar-refractivity contribution is 5.89. The number of hydrogen-bond acceptors (Lipinski definition) is 6. The van der Waals surface area contributed by atoms with Gasteiger partial charge in [0.2, 0.25) is 0 Å². The Kier molecular flexibility index (Phi) is 8.71. The van der Waals surface area contributed by atoms with E-state index in [4.69, 9.17) is 9.47 Å². The van der Waals surface area contributed by atoms with Crippen LogP contribution >= 0.6 is 0 Å². The predicted octanol–water partition coefficient (Wildman–Crippen LogP) is 5.12. The van der Waals surface area contributed by atoms with E-state index in [2.05, 4.69) is 22.3 Å². The van der Waals surface area contributed by atoms with Gasteiger partial charge in [0.1, 0.15) is 11.1 Å². The molecular formula is C31H42N2O4. The van der Waals surface area contributed by atoms with Crippen LogP contribution in [0, 0.1) is 0 Å². The Morgan fingerprint density at radius 1 is 1.03 bits per heavy atom. The first-order valence-corrected chi connectivity index (χ1v) is 13.7. The van der Waals surface area contributed by atoms with Crippen LogP contribution in [-0.2, 0) is 20.7 Å². The van der Waals surface area contributed by atoms with Crippen molar-refractivity contribution in [2.24, 2.45) is 0 Å². The van der Waals surface area contributed by atoms with E-state index in [0.29, 0.717) is 18.2 Å². The summed E-state index contributed by atoms with van der Waals surface area (Å²) in [6.07, 6.45) is 4.91. The van der Waals surface area contributed by atoms with Gasteiger partial charge in [-0.3, -0.25) is 10.1 Å². The third-order valence-corrected chi connectivity index (χ3v) is 7.38. The van der Waals surface area contributed by atoms with Gasteiger partial charge in [-0.05, 0) is 103 Å². The van der Waals surface area contributed by atoms with Crippen molar-refractivity contribution in [1.29, 1.82) is 0 Å². The number of carbonyl (C=O) groups excluding carboxylic acids is 2. The van der Waals surface area contributed by atoms with Crippen LogP contribution in [-0.4, -0.2) is 60.3 Å². The molecule has 2 aromatic rings. The average Bonchev–Trinajstić information content (AvgIpc) is 3.61. The molecule has 1 saturated carbocycles. The number of likely N-dealkylation sites (tertiary alicyclic amines) is 1. The van der Waals surface area contributed by atoms with Crippen LogP contribution in [0.15, 0.2) is 54.6 Å². The Morgan fingerprint density at radius 3 is 2.32 bits per heavy atom. The minimum Gasteiger partial charge on any atom is -0.462 e. The molecule has 6 nitrogen and oxygen atoms in total. The highest BCUT2D eigenvalue weighted by atomic mass is 16.6. The van der Waals surface area contributed by atoms with E-state index >= 15 is 0 Å². The van der Waals surface area contributed by atoms with Gasteiger partial charge in [0.05, 0.1) is 12.2 Å². The van der Waals surface area contributed by atoms with Gasteiger partial charge in [0.15, 0.2) is 0 Å². The summed E-state index contributed by atoms with van der Waals surface area (Å²) in [5, 5.41) is 3.76. The first kappa shape index (κ1) is 27.3. The molecule has 0 aromatic heterocycles. The van der Waals surface area contributed by atoms with Crippen molar-refractivity contribution in [3.63, 3.8) is 0 Å². The number of hydrogen-bond donors (Lipinski definition) is 1. The molecule has 1 N–H and O–H groups in total. The lowest BCUT2D eigenvalue weighted by Crippen LogP contribution is -2.52. The van der Waals surface area contributed by atoms with Crippen LogP contribution in [0.1, 0.15) is 80.8 Å². The average molecular weight is 507 g/mol. The van der Waals surface area contributed by atoms with Crippen LogP contribution < -0.4 is 5.32 Å². The van der Waals surface area contributed by atoms with Crippen LogP contribution in [0.3, 0.4) is 0 Å². The maximum atomic E-state index is 13.3. The van der Waals surface area contributed by atoms with Gasteiger partial charge in [-0.15, -0.1) is 0 Å². The molecular weight excluding hydrogens is 464 g/mol. The largest absolute Gasteiger partial charge is 0.462 e. The fourth-order valence-electron chi connectivity index (χ4n) is 5.36. The number of aryl methyl sites for hydroxylation is 1. The van der Waals surface area contributed by atoms with Gasteiger partial charge in [0, 0.05) is 12.0 Å². The van der Waals surface area contributed by atoms with Gasteiger partial charge >= 0.3 is 11.9 Å². The minimum absolute atomic E-state index is 0.120. The third-order valence-electron chi connectivity index (χ3n) is 7.38. The molecule has 2 fully saturated rings. The standard InChI is InChI=1S/C31H42N2O4/c1-5-36-28(34)25-15-13-23(14-16-25)10-9-19-33-20-17-26(18-21-33)32-31(29(35)37-30(2,3)4)22-27(31)24-11-7-6-8-12-24/h6-8,11-16,26-27,32H,5,9-10,17-22H2,1-4H3. The van der Waals surface area contributed by atoms with Gasteiger partial charge < -0.3 is 14.4 Å². The Morgan fingerprint density at radius 2 is 1.70 bits per heavy atom. The minimum atomic E-state index is -0.614. The number of benzene rings is 2. The molecule has 1 heterocycles. The second-order valence-corrected chi connectivity index (χ2v) is 11.4. The van der Waals surface area contributed by atoms with Crippen molar-refractivity contribution >= 4 is 11.9 Å². The summed E-state index contributed by atoms with van der Waals surface area (Å²) in [5.41, 5.74) is 1.93. The number of piperidine rings is 1. The Bertz CT molecular complexity index is 1040. The summed E-state index contributed by atoms with van der Waals surface area (Å²) >= 11 is 0. The molecule has 0 bridgehead atoms. The molecule has 2 aromatic carbocycles. The second-order valence-electron chi connectivity index (χ2n) is 11.4. The van der Waals surface area contributed by atoms with E-state index in [0.717, 1.165) is 51.7 Å². The number of carbonyl (C=O) groups is 2. The third kappa shape index (κ3) is 7.20. The van der Waals surface area contributed by atoms with E-state index in [1.54, 1.807) is 0 Å². The lowest BCUT2D eigenvalue weighted by atomic mass is 10.00. The van der Waals surface area contributed by atoms with E-state index in [-0.39, 0.29) is 17.9 Å². The maximum Gasteiger partial charge on any atom is 0.338 e. The predicted molar refractivity (Wildman–Crippen MR) is 146 cm³/mol. The highest BCUT2D eigenvalue weighted by Crippen LogP contribution is 2.53. The second kappa shape index (κ2) is 11.8. The zero-order chi connectivity index (χ0) is 26.5. The van der Waals surface area contributed by atoms with Crippen molar-refractivity contribution in [2.45, 2.75) is 82.9 Å². The first-order chi connectivity index (χ1) is 17.7. The molecule has 2 aliphatic rings. The van der Waals surface area contributed by atoms with Crippen LogP contribution in [0.25, 0.3) is 0 Å². The molecule has 2 unspecified atom stereocenters. The zero-order valence-corrected chi connectivity index (χ0v) is 22.8. The van der Waals surface area contributed by atoms with Gasteiger partial charge in [-0.1, -0.05) is 42.5 Å². The van der Waals surface area contributed by atoms with Gasteiger partial charge in [-0.25, -0.2) is 4.79 Å². The van der Waals surface area contributed by atoms with E-state index in [1.807, 2.05) is 70.2 Å². The molecule has 37 heavy (non-hydrogen) atoms. The zero-order valence-electron chi connectivity index (χ0n) is 22.8. The lowest BCUT2D eigenvalue weighted by Gasteiger charge is -2.35. The maximum absolute atomic E-state index is 13.3. The normalized spacial score (nSPS) is 22.4. The molecule has 1 aliphatic carbocycles. The molecule has 1 saturated heterocycles. The quantitative estimate of drug-likeness (QED) is 0.451. The van der Waals surface area contributed by atoms with Crippen molar-refractivity contribution in [3.05, 3.63) is 71.3 Å². The van der Waals surface area contributed by atoms with Crippen molar-refractivity contribution in [3.8, 4) is 0 Å². The number of esters is 2. The monoisotopic (exact) mass is 506 g/mol. The van der Waals surface area contributed by atoms with Crippen molar-refractivity contribution in [2.75, 3.05) is 26.2 Å². The van der Waals surface area contributed by atoms with E-state index in [9.17, 15) is 9.59 Å². The molecule has 200 valence electrons. The number of nitrogens with one attached hydrogen (secondary N) is 1. The van der Waals surface area contributed by atoms with Crippen LogP contribution in [0.2, 0.25) is 0 Å². The fourth-order valence-corrected chi connectivity index (χ4v) is 5.36.